The first kappa shape index (κ1) is 98.4. The third kappa shape index (κ3) is 55.5. The second-order valence-electron chi connectivity index (χ2n) is 23.9. The average Bonchev–Trinajstić information content (AvgIpc) is 0.928. The highest BCUT2D eigenvalue weighted by molar-refractivity contribution is 9.10. The van der Waals surface area contributed by atoms with E-state index in [1.54, 1.807) is 7.05 Å². The van der Waals surface area contributed by atoms with Crippen molar-refractivity contribution in [3.05, 3.63) is 34.3 Å². The molecule has 0 bridgehead atoms. The van der Waals surface area contributed by atoms with Crippen LogP contribution in [0, 0.1) is 5.92 Å². The summed E-state index contributed by atoms with van der Waals surface area (Å²) in [6.07, 6.45) is 1.70. The Bertz CT molecular complexity index is 2750. The quantitative estimate of drug-likeness (QED) is 0.0213. The van der Waals surface area contributed by atoms with Crippen molar-refractivity contribution in [1.82, 2.24) is 63.0 Å². The molecule has 0 aromatic heterocycles. The molecule has 31 N–H and O–H groups in total. The molecule has 0 aliphatic heterocycles. The number of nitrogens with zero attached hydrogens (tertiary/aromatic N) is 4. The lowest BCUT2D eigenvalue weighted by atomic mass is 10.0. The van der Waals surface area contributed by atoms with Crippen LogP contribution >= 0.6 is 15.9 Å². The highest BCUT2D eigenvalue weighted by atomic mass is 79.9. The molecule has 1 aromatic rings. The number of ether oxygens (including phenoxy) is 1. The summed E-state index contributed by atoms with van der Waals surface area (Å²) in [6, 6.07) is 1.51. The van der Waals surface area contributed by atoms with E-state index in [0.29, 0.717) is 38.6 Å². The summed E-state index contributed by atoms with van der Waals surface area (Å²) in [4.78, 5) is 171. The normalized spacial score (nSPS) is 13.1. The Kier molecular flexibility index (Phi) is 54.3. The Balaban J connectivity index is -0.00000131. The van der Waals surface area contributed by atoms with E-state index in [1.807, 2.05) is 38.1 Å². The maximum Gasteiger partial charge on any atom is 0.322 e. The number of hydrogen-bond acceptors (Lipinski definition) is 28. The number of rotatable bonds is 49. The molecular weight excluding hydrogens is 1430 g/mol. The number of benzene rings is 1. The first-order chi connectivity index (χ1) is 48.1. The smallest absolute Gasteiger partial charge is 0.322 e. The lowest BCUT2D eigenvalue weighted by Crippen LogP contribution is -2.49. The van der Waals surface area contributed by atoms with Crippen LogP contribution in [0.15, 0.2) is 28.7 Å². The third-order valence-corrected chi connectivity index (χ3v) is 14.1. The molecule has 43 heteroatoms. The fraction of sp³-hybridized carbons (Fsp3) is 0.650. The Morgan fingerprint density at radius 3 is 1.10 bits per heavy atom. The van der Waals surface area contributed by atoms with Gasteiger partial charge in [0.1, 0.15) is 32.8 Å². The van der Waals surface area contributed by atoms with Gasteiger partial charge >= 0.3 is 35.8 Å². The molecule has 0 heterocycles. The molecule has 8 atom stereocenters. The number of carboxylic acid groups (broad SMARTS) is 5. The van der Waals surface area contributed by atoms with Crippen LogP contribution in [0.2, 0.25) is 0 Å². The molecule has 103 heavy (non-hydrogen) atoms. The minimum Gasteiger partial charge on any atom is -0.481 e. The van der Waals surface area contributed by atoms with Gasteiger partial charge in [0, 0.05) is 101 Å². The summed E-state index contributed by atoms with van der Waals surface area (Å²) in [7, 11) is 5.75. The van der Waals surface area contributed by atoms with E-state index in [0.717, 1.165) is 25.1 Å². The van der Waals surface area contributed by atoms with Crippen molar-refractivity contribution in [2.45, 2.75) is 165 Å². The number of primary amides is 1. The van der Waals surface area contributed by atoms with E-state index in [1.165, 1.54) is 26.2 Å². The third-order valence-electron chi connectivity index (χ3n) is 13.3. The average molecular weight is 1540 g/mol. The summed E-state index contributed by atoms with van der Waals surface area (Å²) in [5.41, 5.74) is 60.0. The van der Waals surface area contributed by atoms with Crippen LogP contribution in [0.1, 0.15) is 116 Å². The molecule has 0 unspecified atom stereocenters. The van der Waals surface area contributed by atoms with E-state index >= 15 is 0 Å². The summed E-state index contributed by atoms with van der Waals surface area (Å²) >= 11 is 3.40. The van der Waals surface area contributed by atoms with Gasteiger partial charge in [-0.05, 0) is 89.5 Å². The second-order valence-corrected chi connectivity index (χ2v) is 24.7. The predicted molar refractivity (Wildman–Crippen MR) is 374 cm³/mol. The Labute approximate surface area is 605 Å². The number of carbonyl (C=O) groups excluding carboxylic acids is 10. The van der Waals surface area contributed by atoms with Crippen LogP contribution in [0.5, 0.6) is 0 Å². The van der Waals surface area contributed by atoms with Gasteiger partial charge in [-0.15, -0.1) is 0 Å². The Morgan fingerprint density at radius 2 is 0.777 bits per heavy atom. The largest absolute Gasteiger partial charge is 0.481 e. The van der Waals surface area contributed by atoms with Gasteiger partial charge in [-0.1, -0.05) is 48.0 Å². The van der Waals surface area contributed by atoms with Gasteiger partial charge in [-0.25, -0.2) is 20.0 Å². The van der Waals surface area contributed by atoms with Crippen molar-refractivity contribution in [2.24, 2.45) is 57.5 Å². The Hall–Kier alpha value is -8.73. The topological polar surface area (TPSA) is 710 Å². The van der Waals surface area contributed by atoms with Crippen molar-refractivity contribution in [3.63, 3.8) is 0 Å². The van der Waals surface area contributed by atoms with Gasteiger partial charge in [-0.2, -0.15) is 0 Å². The number of carboxylic acids is 5. The fourth-order valence-electron chi connectivity index (χ4n) is 8.55. The number of hydrogen-bond donors (Lipinski definition) is 22. The van der Waals surface area contributed by atoms with Gasteiger partial charge in [0.2, 0.25) is 53.2 Å². The van der Waals surface area contributed by atoms with Crippen LogP contribution < -0.4 is 94.6 Å². The number of amides is 9. The number of likely N-dealkylation sites (N-methyl/N-ethyl adjacent to an activating group) is 4. The molecule has 1 aromatic carbocycles. The van der Waals surface area contributed by atoms with Crippen LogP contribution in [0.25, 0.3) is 0 Å². The molecule has 1 rings (SSSR count). The van der Waals surface area contributed by atoms with Crippen LogP contribution in [0.4, 0.5) is 0 Å². The second kappa shape index (κ2) is 56.8. The summed E-state index contributed by atoms with van der Waals surface area (Å²) < 4.78 is 6.11. The molecule has 588 valence electrons. The van der Waals surface area contributed by atoms with Crippen molar-refractivity contribution in [1.29, 1.82) is 0 Å². The van der Waals surface area contributed by atoms with E-state index in [-0.39, 0.29) is 134 Å². The van der Waals surface area contributed by atoms with E-state index in [2.05, 4.69) is 58.9 Å². The predicted octanol–water partition coefficient (Wildman–Crippen LogP) is -7.20. The fourth-order valence-corrected chi connectivity index (χ4v) is 8.94. The van der Waals surface area contributed by atoms with Crippen molar-refractivity contribution in [2.75, 3.05) is 80.5 Å². The van der Waals surface area contributed by atoms with Crippen LogP contribution in [0.3, 0.4) is 0 Å². The number of hydrazine groups is 4. The maximum atomic E-state index is 12.4. The number of nitrogens with two attached hydrogens (primary N) is 9. The number of esters is 1. The van der Waals surface area contributed by atoms with E-state index in [9.17, 15) is 71.9 Å². The van der Waals surface area contributed by atoms with E-state index < -0.39 is 126 Å². The zero-order valence-electron chi connectivity index (χ0n) is 59.1. The highest BCUT2D eigenvalue weighted by Gasteiger charge is 2.27. The number of aliphatic carboxylic acids is 5. The number of nitrogens with one attached hydrogen (secondary N) is 8. The van der Waals surface area contributed by atoms with Crippen molar-refractivity contribution in [3.8, 4) is 0 Å². The molecule has 9 amide bonds. The van der Waals surface area contributed by atoms with Gasteiger partial charge < -0.3 is 103 Å². The molecule has 0 fully saturated rings. The van der Waals surface area contributed by atoms with Crippen molar-refractivity contribution >= 4 is 105 Å². The SMILES string of the molecule is CC(C)C[C@H](N)C(=O)N[C@@H](CCCN)CC(=O)NN(C)CC(=O)OCc1ccccc1Br.CN(CC(=O)O)NC(=O)C[C@H](CCN)NC(=O)[C@@H](N)CC(=O)O.CN(CC(=O)O)NC(=O)C[C@H](CCN)NC(=O)[C@@H](N)CCC(=O)O.CN(CC(=O)O)NC(=O)C[C@H](CCN)NC(=O)[C@@H](N)CCC(N)=O. The zero-order chi connectivity index (χ0) is 79.5. The van der Waals surface area contributed by atoms with Crippen LogP contribution in [-0.4, -0.2) is 263 Å². The first-order valence-electron chi connectivity index (χ1n) is 32.4. The number of carbonyl (C=O) groups is 15. The zero-order valence-corrected chi connectivity index (χ0v) is 60.7. The summed E-state index contributed by atoms with van der Waals surface area (Å²) in [6.45, 7) is 3.97. The molecule has 0 aliphatic carbocycles. The molecule has 42 nitrogen and oxygen atoms in total. The van der Waals surface area contributed by atoms with E-state index in [4.69, 9.17) is 81.9 Å². The summed E-state index contributed by atoms with van der Waals surface area (Å²) in [5.74, 6) is -10.2. The molecule has 0 spiro atoms. The minimum atomic E-state index is -1.23. The monoisotopic (exact) mass is 1540 g/mol. The first-order valence-corrected chi connectivity index (χ1v) is 33.2. The number of halogens is 1. The lowest BCUT2D eigenvalue weighted by Gasteiger charge is -2.23. The van der Waals surface area contributed by atoms with Crippen molar-refractivity contribution < 1.29 is 102 Å². The molecular formula is C60H110BrN21O21. The molecule has 0 aliphatic rings. The van der Waals surface area contributed by atoms with Gasteiger partial charge in [0.25, 0.3) is 0 Å². The molecule has 0 radical (unpaired) electrons. The summed E-state index contributed by atoms with van der Waals surface area (Å²) in [5, 5.41) is 58.1. The van der Waals surface area contributed by atoms with Gasteiger partial charge in [-0.3, -0.25) is 93.6 Å². The minimum absolute atomic E-state index is 0.0173. The molecule has 0 saturated heterocycles. The highest BCUT2D eigenvalue weighted by Crippen LogP contribution is 2.17. The Morgan fingerprint density at radius 1 is 0.437 bits per heavy atom. The maximum absolute atomic E-state index is 12.4. The van der Waals surface area contributed by atoms with Gasteiger partial charge in [0.05, 0.1) is 30.6 Å². The lowest BCUT2D eigenvalue weighted by molar-refractivity contribution is -0.148. The molecule has 0 saturated carbocycles. The van der Waals surface area contributed by atoms with Gasteiger partial charge in [0.15, 0.2) is 0 Å². The van der Waals surface area contributed by atoms with Crippen LogP contribution in [-0.2, 0) is 83.3 Å². The standard InChI is InChI=1S/C22H36BrN5O4.C13H26N6O5.C13H25N5O6.C12H23N5O6/c1-15(2)11-19(25)22(31)26-17(8-6-10-24)12-20(29)27-28(3)13-21(30)32-14-16-7-4-5-9-18(16)23;1-19(7-12(22)23)18-11(21)6-8(4-5-14)17-13(24)9(15)2-3-10(16)20;1-18(7-12(22)23)17-10(19)6-8(4-5-14)16-13(24)9(15)2-3-11(20)21;1-17(6-11(21)22)16-9(18)4-7(2-3-13)15-12(23)8(14)5-10(19)20/h4-5,7,9,15,17,19H,6,8,10-14,24-25H2,1-3H3,(H,26,31)(H,27,29);8-9H,2-7,14-15H2,1H3,(H2,16,20)(H,17,24)(H,18,21)(H,22,23);8-9H,2-7,14-15H2,1H3,(H,16,24)(H,17,19)(H,20,21)(H,22,23);7-8H,2-6,13-14H2,1H3,(H,15,23)(H,16,18)(H,19,20)(H,21,22)/t17-,19-;2*8-,9-;7-,8-/m0000/s1.